The molecule has 0 bridgehead atoms. The van der Waals surface area contributed by atoms with Crippen LogP contribution >= 0.6 is 0 Å². The Bertz CT molecular complexity index is 590. The number of benzene rings is 1. The topological polar surface area (TPSA) is 98.7 Å². The van der Waals surface area contributed by atoms with Crippen molar-refractivity contribution >= 4 is 15.7 Å². The van der Waals surface area contributed by atoms with Gasteiger partial charge < -0.3 is 15.5 Å². The largest absolute Gasteiger partial charge is 0.395 e. The predicted octanol–water partition coefficient (Wildman–Crippen LogP) is 0.279. The standard InChI is InChI=1S/C13H19FN2O4S/c14-10-3-4-11(15-5-6-17)13(7-10)21(19,20)16-8-12(18)9-1-2-9/h3-4,7,9,12,15-18H,1-2,5-6,8H2. The molecule has 1 unspecified atom stereocenters. The normalized spacial score (nSPS) is 16.7. The fraction of sp³-hybridized carbons (Fsp3) is 0.538. The molecule has 0 saturated heterocycles. The number of halogens is 1. The zero-order chi connectivity index (χ0) is 15.5. The number of aliphatic hydroxyl groups excluding tert-OH is 2. The Kier molecular flexibility index (Phi) is 5.15. The average Bonchev–Trinajstić information content (AvgIpc) is 3.28. The summed E-state index contributed by atoms with van der Waals surface area (Å²) in [6.45, 7) is -0.119. The summed E-state index contributed by atoms with van der Waals surface area (Å²) in [4.78, 5) is -0.237. The minimum Gasteiger partial charge on any atom is -0.395 e. The van der Waals surface area contributed by atoms with Crippen molar-refractivity contribution in [3.05, 3.63) is 24.0 Å². The van der Waals surface area contributed by atoms with Crippen molar-refractivity contribution in [2.75, 3.05) is 25.0 Å². The van der Waals surface area contributed by atoms with Crippen molar-refractivity contribution in [2.24, 2.45) is 5.92 Å². The Morgan fingerprint density at radius 1 is 1.38 bits per heavy atom. The van der Waals surface area contributed by atoms with Gasteiger partial charge in [0.25, 0.3) is 0 Å². The number of rotatable bonds is 8. The average molecular weight is 318 g/mol. The molecule has 0 spiro atoms. The molecule has 0 aliphatic heterocycles. The second-order valence-electron chi connectivity index (χ2n) is 5.05. The molecule has 0 heterocycles. The molecule has 1 aromatic rings. The van der Waals surface area contributed by atoms with Gasteiger partial charge in [-0.1, -0.05) is 0 Å². The molecule has 6 nitrogen and oxygen atoms in total. The molecule has 1 aromatic carbocycles. The van der Waals surface area contributed by atoms with Crippen molar-refractivity contribution in [3.8, 4) is 0 Å². The molecule has 1 fully saturated rings. The number of nitrogens with one attached hydrogen (secondary N) is 2. The first-order chi connectivity index (χ1) is 9.94. The van der Waals surface area contributed by atoms with Gasteiger partial charge in [0.1, 0.15) is 10.7 Å². The molecule has 0 radical (unpaired) electrons. The molecule has 0 amide bonds. The van der Waals surface area contributed by atoms with Crippen LogP contribution < -0.4 is 10.0 Å². The Balaban J connectivity index is 2.14. The van der Waals surface area contributed by atoms with Gasteiger partial charge in [-0.25, -0.2) is 17.5 Å². The highest BCUT2D eigenvalue weighted by Gasteiger charge is 2.31. The van der Waals surface area contributed by atoms with E-state index in [-0.39, 0.29) is 36.2 Å². The van der Waals surface area contributed by atoms with E-state index in [9.17, 15) is 17.9 Å². The maximum absolute atomic E-state index is 13.3. The van der Waals surface area contributed by atoms with E-state index in [1.807, 2.05) is 0 Å². The van der Waals surface area contributed by atoms with E-state index in [1.54, 1.807) is 0 Å². The maximum Gasteiger partial charge on any atom is 0.242 e. The van der Waals surface area contributed by atoms with Gasteiger partial charge >= 0.3 is 0 Å². The number of anilines is 1. The van der Waals surface area contributed by atoms with Crippen molar-refractivity contribution in [1.29, 1.82) is 0 Å². The molecule has 1 aliphatic rings. The van der Waals surface area contributed by atoms with E-state index in [2.05, 4.69) is 10.0 Å². The predicted molar refractivity (Wildman–Crippen MR) is 75.9 cm³/mol. The Morgan fingerprint density at radius 2 is 2.10 bits per heavy atom. The van der Waals surface area contributed by atoms with Gasteiger partial charge in [-0.05, 0) is 37.0 Å². The lowest BCUT2D eigenvalue weighted by Gasteiger charge is -2.15. The summed E-state index contributed by atoms with van der Waals surface area (Å²) in [6, 6.07) is 3.35. The Morgan fingerprint density at radius 3 is 2.71 bits per heavy atom. The highest BCUT2D eigenvalue weighted by atomic mass is 32.2. The molecule has 118 valence electrons. The molecule has 1 aliphatic carbocycles. The van der Waals surface area contributed by atoms with Gasteiger partial charge in [-0.15, -0.1) is 0 Å². The lowest BCUT2D eigenvalue weighted by Crippen LogP contribution is -2.33. The summed E-state index contributed by atoms with van der Waals surface area (Å²) in [5, 5.41) is 21.2. The molecule has 2 rings (SSSR count). The van der Waals surface area contributed by atoms with Crippen LogP contribution in [-0.4, -0.2) is 44.4 Å². The molecule has 21 heavy (non-hydrogen) atoms. The van der Waals surface area contributed by atoms with E-state index < -0.39 is 21.9 Å². The monoisotopic (exact) mass is 318 g/mol. The zero-order valence-electron chi connectivity index (χ0n) is 11.4. The van der Waals surface area contributed by atoms with Crippen LogP contribution in [0, 0.1) is 11.7 Å². The third-order valence-electron chi connectivity index (χ3n) is 3.31. The van der Waals surface area contributed by atoms with Crippen molar-refractivity contribution in [3.63, 3.8) is 0 Å². The van der Waals surface area contributed by atoms with E-state index in [0.717, 1.165) is 25.0 Å². The Labute approximate surface area is 123 Å². The summed E-state index contributed by atoms with van der Waals surface area (Å²) in [5.74, 6) is -0.528. The van der Waals surface area contributed by atoms with Gasteiger partial charge in [0.05, 0.1) is 18.4 Å². The fourth-order valence-corrected chi connectivity index (χ4v) is 3.22. The summed E-state index contributed by atoms with van der Waals surface area (Å²) in [5.41, 5.74) is 0.207. The lowest BCUT2D eigenvalue weighted by atomic mass is 10.2. The van der Waals surface area contributed by atoms with E-state index in [1.165, 1.54) is 6.07 Å². The molecule has 0 aromatic heterocycles. The fourth-order valence-electron chi connectivity index (χ4n) is 1.98. The summed E-state index contributed by atoms with van der Waals surface area (Å²) >= 11 is 0. The molecular weight excluding hydrogens is 299 g/mol. The second-order valence-corrected chi connectivity index (χ2v) is 6.78. The zero-order valence-corrected chi connectivity index (χ0v) is 12.2. The number of hydrogen-bond donors (Lipinski definition) is 4. The van der Waals surface area contributed by atoms with E-state index >= 15 is 0 Å². The third kappa shape index (κ3) is 4.37. The highest BCUT2D eigenvalue weighted by Crippen LogP contribution is 2.32. The van der Waals surface area contributed by atoms with Crippen LogP contribution in [0.15, 0.2) is 23.1 Å². The quantitative estimate of drug-likeness (QED) is 0.552. The van der Waals surface area contributed by atoms with Crippen molar-refractivity contribution in [1.82, 2.24) is 4.72 Å². The van der Waals surface area contributed by atoms with Crippen LogP contribution in [0.1, 0.15) is 12.8 Å². The summed E-state index contributed by atoms with van der Waals surface area (Å²) in [6.07, 6.45) is 1.07. The van der Waals surface area contributed by atoms with Gasteiger partial charge in [0, 0.05) is 13.1 Å². The Hall–Kier alpha value is -1.22. The molecular formula is C13H19FN2O4S. The minimum atomic E-state index is -3.94. The smallest absolute Gasteiger partial charge is 0.242 e. The van der Waals surface area contributed by atoms with Crippen LogP contribution in [0.4, 0.5) is 10.1 Å². The highest BCUT2D eigenvalue weighted by molar-refractivity contribution is 7.89. The van der Waals surface area contributed by atoms with Crippen LogP contribution in [0.3, 0.4) is 0 Å². The molecule has 1 saturated carbocycles. The van der Waals surface area contributed by atoms with Crippen LogP contribution in [-0.2, 0) is 10.0 Å². The third-order valence-corrected chi connectivity index (χ3v) is 4.77. The van der Waals surface area contributed by atoms with Gasteiger partial charge in [0.2, 0.25) is 10.0 Å². The first-order valence-corrected chi connectivity index (χ1v) is 8.24. The molecule has 1 atom stereocenters. The van der Waals surface area contributed by atoms with Crippen molar-refractivity contribution in [2.45, 2.75) is 23.8 Å². The lowest BCUT2D eigenvalue weighted by molar-refractivity contribution is 0.155. The van der Waals surface area contributed by atoms with Gasteiger partial charge in [-0.2, -0.15) is 0 Å². The maximum atomic E-state index is 13.3. The van der Waals surface area contributed by atoms with Gasteiger partial charge in [0.15, 0.2) is 0 Å². The van der Waals surface area contributed by atoms with Crippen LogP contribution in [0.5, 0.6) is 0 Å². The first-order valence-electron chi connectivity index (χ1n) is 6.76. The minimum absolute atomic E-state index is 0.0943. The number of hydrogen-bond acceptors (Lipinski definition) is 5. The summed E-state index contributed by atoms with van der Waals surface area (Å²) < 4.78 is 40.1. The van der Waals surface area contributed by atoms with Crippen molar-refractivity contribution < 1.29 is 23.0 Å². The van der Waals surface area contributed by atoms with Gasteiger partial charge in [-0.3, -0.25) is 0 Å². The number of aliphatic hydroxyl groups is 2. The van der Waals surface area contributed by atoms with Crippen LogP contribution in [0.25, 0.3) is 0 Å². The number of sulfonamides is 1. The molecule has 4 N–H and O–H groups in total. The first kappa shape index (κ1) is 16.2. The summed E-state index contributed by atoms with van der Waals surface area (Å²) in [7, 11) is -3.94. The van der Waals surface area contributed by atoms with Crippen LogP contribution in [0.2, 0.25) is 0 Å². The van der Waals surface area contributed by atoms with E-state index in [0.29, 0.717) is 0 Å². The SMILES string of the molecule is O=S(=O)(NCC(O)C1CC1)c1cc(F)ccc1NCCO. The molecule has 8 heteroatoms. The second kappa shape index (κ2) is 6.69. The van der Waals surface area contributed by atoms with E-state index in [4.69, 9.17) is 5.11 Å².